The van der Waals surface area contributed by atoms with E-state index in [0.29, 0.717) is 5.92 Å². The second kappa shape index (κ2) is 4.89. The molecule has 0 aromatic rings. The van der Waals surface area contributed by atoms with Gasteiger partial charge in [-0.25, -0.2) is 4.21 Å². The van der Waals surface area contributed by atoms with E-state index in [1.807, 2.05) is 27.7 Å². The third kappa shape index (κ3) is 5.97. The summed E-state index contributed by atoms with van der Waals surface area (Å²) in [6.07, 6.45) is 0.932. The summed E-state index contributed by atoms with van der Waals surface area (Å²) >= 11 is 0. The number of rotatable bonds is 3. The lowest BCUT2D eigenvalue weighted by atomic mass is 10.1. The fourth-order valence-corrected chi connectivity index (χ4v) is 1.54. The van der Waals surface area contributed by atoms with Crippen LogP contribution in [0.25, 0.3) is 0 Å². The Morgan fingerprint density at radius 1 is 1.38 bits per heavy atom. The Bertz CT molecular complexity index is 213. The first-order chi connectivity index (χ1) is 5.73. The zero-order chi connectivity index (χ0) is 10.6. The topological polar surface area (TPSA) is 29.4 Å². The quantitative estimate of drug-likeness (QED) is 0.648. The van der Waals surface area contributed by atoms with Crippen LogP contribution in [0, 0.1) is 5.92 Å². The maximum Gasteiger partial charge on any atom is 0.144 e. The van der Waals surface area contributed by atoms with Gasteiger partial charge in [-0.2, -0.15) is 4.40 Å². The molecule has 0 N–H and O–H groups in total. The largest absolute Gasteiger partial charge is 0.234 e. The molecule has 2 nitrogen and oxygen atoms in total. The molecule has 0 aromatic heterocycles. The van der Waals surface area contributed by atoms with Crippen LogP contribution in [-0.2, 0) is 11.0 Å². The summed E-state index contributed by atoms with van der Waals surface area (Å²) in [5.41, 5.74) is 0.989. The van der Waals surface area contributed by atoms with E-state index in [1.165, 1.54) is 0 Å². The van der Waals surface area contributed by atoms with Crippen LogP contribution in [0.5, 0.6) is 0 Å². The third-order valence-electron chi connectivity index (χ3n) is 1.47. The Balaban J connectivity index is 4.32. The van der Waals surface area contributed by atoms with E-state index in [2.05, 4.69) is 18.2 Å². The van der Waals surface area contributed by atoms with E-state index in [-0.39, 0.29) is 4.75 Å². The molecule has 0 bridgehead atoms. The SMILES string of the molecule is C/C(CC(C)C)=N\[S@](=O)C(C)(C)C. The summed E-state index contributed by atoms with van der Waals surface area (Å²) in [6.45, 7) is 12.0. The third-order valence-corrected chi connectivity index (χ3v) is 2.99. The molecule has 0 saturated heterocycles. The molecule has 0 amide bonds. The molecule has 0 unspecified atom stereocenters. The molecule has 13 heavy (non-hydrogen) atoms. The maximum absolute atomic E-state index is 11.6. The van der Waals surface area contributed by atoms with Gasteiger partial charge in [0, 0.05) is 5.71 Å². The highest BCUT2D eigenvalue weighted by atomic mass is 32.2. The van der Waals surface area contributed by atoms with E-state index in [9.17, 15) is 4.21 Å². The van der Waals surface area contributed by atoms with Crippen molar-refractivity contribution in [1.29, 1.82) is 0 Å². The average Bonchev–Trinajstić information content (AvgIpc) is 1.82. The smallest absolute Gasteiger partial charge is 0.144 e. The summed E-state index contributed by atoms with van der Waals surface area (Å²) in [4.78, 5) is 0. The Hall–Kier alpha value is -0.180. The van der Waals surface area contributed by atoms with Crippen LogP contribution in [0.15, 0.2) is 4.40 Å². The van der Waals surface area contributed by atoms with Gasteiger partial charge < -0.3 is 0 Å². The highest BCUT2D eigenvalue weighted by Crippen LogP contribution is 2.13. The summed E-state index contributed by atoms with van der Waals surface area (Å²) in [7, 11) is -1.10. The van der Waals surface area contributed by atoms with E-state index in [0.717, 1.165) is 12.1 Å². The number of hydrogen-bond acceptors (Lipinski definition) is 1. The highest BCUT2D eigenvalue weighted by Gasteiger charge is 2.18. The minimum atomic E-state index is -1.10. The molecule has 0 spiro atoms. The van der Waals surface area contributed by atoms with Gasteiger partial charge in [0.15, 0.2) is 0 Å². The number of hydrogen-bond donors (Lipinski definition) is 0. The Kier molecular flexibility index (Phi) is 4.82. The predicted molar refractivity (Wildman–Crippen MR) is 60.5 cm³/mol. The van der Waals surface area contributed by atoms with Crippen LogP contribution in [-0.4, -0.2) is 14.7 Å². The van der Waals surface area contributed by atoms with Gasteiger partial charge in [-0.05, 0) is 40.0 Å². The van der Waals surface area contributed by atoms with E-state index < -0.39 is 11.0 Å². The van der Waals surface area contributed by atoms with Crippen molar-refractivity contribution in [2.75, 3.05) is 0 Å². The van der Waals surface area contributed by atoms with Crippen molar-refractivity contribution < 1.29 is 4.21 Å². The van der Waals surface area contributed by atoms with Crippen LogP contribution < -0.4 is 0 Å². The first-order valence-electron chi connectivity index (χ1n) is 4.69. The Labute approximate surface area is 84.4 Å². The molecule has 0 aliphatic rings. The first-order valence-corrected chi connectivity index (χ1v) is 5.80. The Morgan fingerprint density at radius 3 is 2.15 bits per heavy atom. The van der Waals surface area contributed by atoms with Crippen molar-refractivity contribution >= 4 is 16.7 Å². The highest BCUT2D eigenvalue weighted by molar-refractivity contribution is 7.85. The molecule has 0 fully saturated rings. The van der Waals surface area contributed by atoms with Crippen molar-refractivity contribution in [1.82, 2.24) is 0 Å². The monoisotopic (exact) mass is 203 g/mol. The van der Waals surface area contributed by atoms with Gasteiger partial charge in [0.25, 0.3) is 0 Å². The van der Waals surface area contributed by atoms with Crippen molar-refractivity contribution in [3.05, 3.63) is 0 Å². The van der Waals surface area contributed by atoms with Crippen molar-refractivity contribution in [3.8, 4) is 0 Å². The van der Waals surface area contributed by atoms with Crippen LogP contribution >= 0.6 is 0 Å². The van der Waals surface area contributed by atoms with Crippen molar-refractivity contribution in [2.45, 2.75) is 52.7 Å². The lowest BCUT2D eigenvalue weighted by Gasteiger charge is -2.14. The molecule has 0 radical (unpaired) electrons. The van der Waals surface area contributed by atoms with E-state index in [4.69, 9.17) is 0 Å². The van der Waals surface area contributed by atoms with Gasteiger partial charge in [0.2, 0.25) is 0 Å². The van der Waals surface area contributed by atoms with Crippen LogP contribution in [0.3, 0.4) is 0 Å². The fourth-order valence-electron chi connectivity index (χ4n) is 0.907. The molecule has 0 rings (SSSR count). The molecule has 78 valence electrons. The molecule has 0 aliphatic carbocycles. The van der Waals surface area contributed by atoms with Gasteiger partial charge in [0.05, 0.1) is 4.75 Å². The first kappa shape index (κ1) is 12.8. The molecule has 0 heterocycles. The maximum atomic E-state index is 11.6. The molecule has 3 heteroatoms. The molecule has 0 aromatic carbocycles. The second-order valence-electron chi connectivity index (χ2n) is 4.79. The molecule has 0 aliphatic heterocycles. The lowest BCUT2D eigenvalue weighted by Crippen LogP contribution is -2.20. The summed E-state index contributed by atoms with van der Waals surface area (Å²) in [6, 6.07) is 0. The molecule has 0 saturated carbocycles. The summed E-state index contributed by atoms with van der Waals surface area (Å²) in [5, 5.41) is 0. The summed E-state index contributed by atoms with van der Waals surface area (Å²) in [5.74, 6) is 0.584. The van der Waals surface area contributed by atoms with Gasteiger partial charge in [-0.15, -0.1) is 0 Å². The van der Waals surface area contributed by atoms with E-state index in [1.54, 1.807) is 0 Å². The minimum Gasteiger partial charge on any atom is -0.234 e. The summed E-state index contributed by atoms with van der Waals surface area (Å²) < 4.78 is 15.5. The zero-order valence-corrected chi connectivity index (χ0v) is 10.4. The zero-order valence-electron chi connectivity index (χ0n) is 9.55. The fraction of sp³-hybridized carbons (Fsp3) is 0.900. The van der Waals surface area contributed by atoms with E-state index >= 15 is 0 Å². The van der Waals surface area contributed by atoms with Crippen LogP contribution in [0.4, 0.5) is 0 Å². The van der Waals surface area contributed by atoms with Gasteiger partial charge >= 0.3 is 0 Å². The van der Waals surface area contributed by atoms with Gasteiger partial charge in [0.1, 0.15) is 11.0 Å². The lowest BCUT2D eigenvalue weighted by molar-refractivity contribution is 0.649. The van der Waals surface area contributed by atoms with Crippen molar-refractivity contribution in [2.24, 2.45) is 10.3 Å². The van der Waals surface area contributed by atoms with Crippen LogP contribution in [0.2, 0.25) is 0 Å². The predicted octanol–water partition coefficient (Wildman–Crippen LogP) is 2.96. The van der Waals surface area contributed by atoms with Crippen LogP contribution in [0.1, 0.15) is 48.0 Å². The minimum absolute atomic E-state index is 0.238. The van der Waals surface area contributed by atoms with Crippen molar-refractivity contribution in [3.63, 3.8) is 0 Å². The van der Waals surface area contributed by atoms with Gasteiger partial charge in [-0.3, -0.25) is 0 Å². The standard InChI is InChI=1S/C10H21NOS/c1-8(2)7-9(3)11-13(12)10(4,5)6/h8H,7H2,1-6H3/b11-9+/t13-/m1/s1. The normalized spacial score (nSPS) is 16.4. The number of nitrogens with zero attached hydrogens (tertiary/aromatic N) is 1. The average molecular weight is 203 g/mol. The van der Waals surface area contributed by atoms with Gasteiger partial charge in [-0.1, -0.05) is 13.8 Å². The molecular formula is C10H21NOS. The Morgan fingerprint density at radius 2 is 1.85 bits per heavy atom. The molecular weight excluding hydrogens is 182 g/mol. The molecule has 1 atom stereocenters. The second-order valence-corrected chi connectivity index (χ2v) is 6.69.